The van der Waals surface area contributed by atoms with Gasteiger partial charge in [-0.2, -0.15) is 13.2 Å². The molecule has 0 unspecified atom stereocenters. The number of halogens is 3. The van der Waals surface area contributed by atoms with Crippen molar-refractivity contribution in [3.8, 4) is 0 Å². The van der Waals surface area contributed by atoms with Crippen LogP contribution in [0.3, 0.4) is 0 Å². The van der Waals surface area contributed by atoms with Gasteiger partial charge in [0.2, 0.25) is 0 Å². The molecule has 1 heterocycles. The average molecular weight is 438 g/mol. The van der Waals surface area contributed by atoms with Crippen molar-refractivity contribution in [1.82, 2.24) is 4.90 Å². The number of benzene rings is 2. The molecule has 9 heteroatoms. The first-order valence-corrected chi connectivity index (χ1v) is 11.2. The summed E-state index contributed by atoms with van der Waals surface area (Å²) in [7, 11) is -3.92. The van der Waals surface area contributed by atoms with Crippen molar-refractivity contribution in [3.05, 3.63) is 58.7 Å². The van der Waals surface area contributed by atoms with Crippen LogP contribution in [0.2, 0.25) is 0 Å². The van der Waals surface area contributed by atoms with Crippen molar-refractivity contribution in [3.63, 3.8) is 0 Å². The summed E-state index contributed by atoms with van der Waals surface area (Å²) in [6, 6.07) is 9.97. The van der Waals surface area contributed by atoms with E-state index in [2.05, 4.69) is 4.72 Å². The number of nitrogens with zero attached hydrogens (tertiary/aromatic N) is 1. The Labute approximate surface area is 172 Å². The number of alkyl halides is 3. The smallest absolute Gasteiger partial charge is 0.330 e. The van der Waals surface area contributed by atoms with Crippen molar-refractivity contribution in [2.24, 2.45) is 0 Å². The van der Waals surface area contributed by atoms with Gasteiger partial charge in [0.15, 0.2) is 0 Å². The predicted octanol–water partition coefficient (Wildman–Crippen LogP) is 3.81. The van der Waals surface area contributed by atoms with Gasteiger partial charge in [-0.3, -0.25) is 9.52 Å². The van der Waals surface area contributed by atoms with Gasteiger partial charge >= 0.3 is 12.1 Å². The number of sulfonamides is 1. The van der Waals surface area contributed by atoms with E-state index in [0.29, 0.717) is 16.2 Å². The SMILES string of the molecule is O=C(N1CCc2ccc(S(=O)(=O)Nc3cccc4c3CCCC4)cc2C1)C(F)(F)F. The largest absolute Gasteiger partial charge is 0.471 e. The van der Waals surface area contributed by atoms with Crippen LogP contribution in [0.15, 0.2) is 41.3 Å². The third-order valence-electron chi connectivity index (χ3n) is 5.67. The lowest BCUT2D eigenvalue weighted by atomic mass is 9.91. The molecule has 0 saturated heterocycles. The molecule has 0 radical (unpaired) electrons. The van der Waals surface area contributed by atoms with Gasteiger partial charge in [-0.05, 0) is 72.6 Å². The molecule has 2 aromatic carbocycles. The van der Waals surface area contributed by atoms with Crippen LogP contribution in [-0.4, -0.2) is 31.9 Å². The zero-order valence-electron chi connectivity index (χ0n) is 16.1. The van der Waals surface area contributed by atoms with Crippen LogP contribution < -0.4 is 4.72 Å². The molecule has 0 spiro atoms. The lowest BCUT2D eigenvalue weighted by Crippen LogP contribution is -2.43. The van der Waals surface area contributed by atoms with Crippen LogP contribution in [0.5, 0.6) is 0 Å². The molecule has 2 aliphatic rings. The maximum atomic E-state index is 13.0. The Hall–Kier alpha value is -2.55. The van der Waals surface area contributed by atoms with Crippen LogP contribution in [0, 0.1) is 0 Å². The second kappa shape index (κ2) is 7.61. The highest BCUT2D eigenvalue weighted by atomic mass is 32.2. The molecule has 160 valence electrons. The van der Waals surface area contributed by atoms with Gasteiger partial charge in [0, 0.05) is 13.1 Å². The normalized spacial score (nSPS) is 16.6. The van der Waals surface area contributed by atoms with Crippen molar-refractivity contribution < 1.29 is 26.4 Å². The fourth-order valence-corrected chi connectivity index (χ4v) is 5.28. The maximum absolute atomic E-state index is 13.0. The van der Waals surface area contributed by atoms with Crippen LogP contribution in [-0.2, 0) is 40.6 Å². The predicted molar refractivity (Wildman–Crippen MR) is 106 cm³/mol. The summed E-state index contributed by atoms with van der Waals surface area (Å²) in [4.78, 5) is 12.2. The molecule has 30 heavy (non-hydrogen) atoms. The summed E-state index contributed by atoms with van der Waals surface area (Å²) in [5.74, 6) is -1.91. The monoisotopic (exact) mass is 438 g/mol. The zero-order chi connectivity index (χ0) is 21.5. The molecule has 0 atom stereocenters. The highest BCUT2D eigenvalue weighted by Crippen LogP contribution is 2.31. The van der Waals surface area contributed by atoms with Gasteiger partial charge < -0.3 is 4.90 Å². The highest BCUT2D eigenvalue weighted by molar-refractivity contribution is 7.92. The fraction of sp³-hybridized carbons (Fsp3) is 0.381. The van der Waals surface area contributed by atoms with E-state index in [1.165, 1.54) is 12.1 Å². The minimum absolute atomic E-state index is 0.0315. The van der Waals surface area contributed by atoms with E-state index in [4.69, 9.17) is 0 Å². The van der Waals surface area contributed by atoms with Gasteiger partial charge in [-0.25, -0.2) is 8.42 Å². The Morgan fingerprint density at radius 1 is 0.967 bits per heavy atom. The molecule has 1 amide bonds. The number of anilines is 1. The lowest BCUT2D eigenvalue weighted by Gasteiger charge is -2.29. The van der Waals surface area contributed by atoms with Gasteiger partial charge in [0.05, 0.1) is 10.6 Å². The minimum Gasteiger partial charge on any atom is -0.330 e. The number of rotatable bonds is 3. The van der Waals surface area contributed by atoms with E-state index >= 15 is 0 Å². The maximum Gasteiger partial charge on any atom is 0.471 e. The van der Waals surface area contributed by atoms with Crippen molar-refractivity contribution >= 4 is 21.6 Å². The van der Waals surface area contributed by atoms with Gasteiger partial charge in [0.1, 0.15) is 0 Å². The molecule has 1 aliphatic carbocycles. The first-order valence-electron chi connectivity index (χ1n) is 9.76. The molecule has 0 saturated carbocycles. The summed E-state index contributed by atoms with van der Waals surface area (Å²) in [6.45, 7) is -0.316. The first-order chi connectivity index (χ1) is 14.1. The molecule has 0 bridgehead atoms. The zero-order valence-corrected chi connectivity index (χ0v) is 16.9. The number of nitrogens with one attached hydrogen (secondary N) is 1. The van der Waals surface area contributed by atoms with Crippen LogP contribution in [0.25, 0.3) is 0 Å². The minimum atomic E-state index is -4.95. The van der Waals surface area contributed by atoms with E-state index in [9.17, 15) is 26.4 Å². The summed E-state index contributed by atoms with van der Waals surface area (Å²) < 4.78 is 66.9. The van der Waals surface area contributed by atoms with Gasteiger partial charge in [0.25, 0.3) is 10.0 Å². The Bertz CT molecular complexity index is 1100. The molecule has 1 N–H and O–H groups in total. The third-order valence-corrected chi connectivity index (χ3v) is 7.03. The van der Waals surface area contributed by atoms with Crippen molar-refractivity contribution in [2.45, 2.75) is 49.7 Å². The molecule has 0 aromatic heterocycles. The third kappa shape index (κ3) is 4.03. The summed E-state index contributed by atoms with van der Waals surface area (Å²) >= 11 is 0. The van der Waals surface area contributed by atoms with Crippen molar-refractivity contribution in [2.75, 3.05) is 11.3 Å². The number of hydrogen-bond acceptors (Lipinski definition) is 3. The molecule has 2 aromatic rings. The number of amides is 1. The fourth-order valence-electron chi connectivity index (χ4n) is 4.13. The molecular weight excluding hydrogens is 417 g/mol. The first kappa shape index (κ1) is 20.7. The molecule has 4 rings (SSSR count). The number of aryl methyl sites for hydroxylation is 1. The topological polar surface area (TPSA) is 66.5 Å². The molecule has 5 nitrogen and oxygen atoms in total. The van der Waals surface area contributed by atoms with Crippen LogP contribution in [0.1, 0.15) is 35.1 Å². The van der Waals surface area contributed by atoms with E-state index in [1.54, 1.807) is 12.1 Å². The second-order valence-corrected chi connectivity index (χ2v) is 9.34. The number of carbonyl (C=O) groups is 1. The average Bonchev–Trinajstić information content (AvgIpc) is 2.72. The van der Waals surface area contributed by atoms with E-state index in [-0.39, 0.29) is 24.4 Å². The Morgan fingerprint density at radius 3 is 2.50 bits per heavy atom. The highest BCUT2D eigenvalue weighted by Gasteiger charge is 2.43. The molecule has 0 fully saturated rings. The summed E-state index contributed by atoms with van der Waals surface area (Å²) in [5.41, 5.74) is 3.83. The van der Waals surface area contributed by atoms with E-state index in [1.807, 2.05) is 12.1 Å². The summed E-state index contributed by atoms with van der Waals surface area (Å²) in [5, 5.41) is 0. The Morgan fingerprint density at radius 2 is 1.73 bits per heavy atom. The number of carbonyl (C=O) groups excluding carboxylic acids is 1. The standard InChI is InChI=1S/C21H21F3N2O3S/c22-21(23,24)20(27)26-11-10-14-8-9-17(12-16(14)13-26)30(28,29)25-19-7-3-5-15-4-1-2-6-18(15)19/h3,5,7-9,12,25H,1-2,4,6,10-11,13H2. The lowest BCUT2D eigenvalue weighted by molar-refractivity contribution is -0.186. The number of hydrogen-bond donors (Lipinski definition) is 1. The van der Waals surface area contributed by atoms with Gasteiger partial charge in [-0.1, -0.05) is 18.2 Å². The van der Waals surface area contributed by atoms with Crippen LogP contribution >= 0.6 is 0 Å². The van der Waals surface area contributed by atoms with Crippen molar-refractivity contribution in [1.29, 1.82) is 0 Å². The Kier molecular flexibility index (Phi) is 5.25. The van der Waals surface area contributed by atoms with Gasteiger partial charge in [-0.15, -0.1) is 0 Å². The molecular formula is C21H21F3N2O3S. The van der Waals surface area contributed by atoms with E-state index < -0.39 is 22.1 Å². The summed E-state index contributed by atoms with van der Waals surface area (Å²) in [6.07, 6.45) is -0.930. The Balaban J connectivity index is 1.60. The second-order valence-electron chi connectivity index (χ2n) is 7.66. The van der Waals surface area contributed by atoms with Crippen LogP contribution in [0.4, 0.5) is 18.9 Å². The quantitative estimate of drug-likeness (QED) is 0.793. The molecule has 1 aliphatic heterocycles. The van der Waals surface area contributed by atoms with E-state index in [0.717, 1.165) is 42.4 Å². The number of fused-ring (bicyclic) bond motifs is 2.